The summed E-state index contributed by atoms with van der Waals surface area (Å²) in [6, 6.07) is 7.28. The summed E-state index contributed by atoms with van der Waals surface area (Å²) in [6.07, 6.45) is 0.909. The minimum absolute atomic E-state index is 0.137. The first-order chi connectivity index (χ1) is 20.5. The number of aldehydes is 1. The van der Waals surface area contributed by atoms with Crippen LogP contribution in [-0.2, 0) is 39.8 Å². The van der Waals surface area contributed by atoms with Gasteiger partial charge in [0.15, 0.2) is 5.84 Å². The molecule has 2 amide bonds. The lowest BCUT2D eigenvalue weighted by Gasteiger charge is -2.27. The van der Waals surface area contributed by atoms with Crippen molar-refractivity contribution in [1.82, 2.24) is 10.2 Å². The van der Waals surface area contributed by atoms with Gasteiger partial charge in [0.1, 0.15) is 17.7 Å². The molecule has 14 nitrogen and oxygen atoms in total. The number of hydrogen-bond donors (Lipinski definition) is 3. The molecule has 0 radical (unpaired) electrons. The number of amides is 2. The van der Waals surface area contributed by atoms with E-state index in [4.69, 9.17) is 35.2 Å². The Morgan fingerprint density at radius 2 is 1.42 bits per heavy atom. The highest BCUT2D eigenvalue weighted by Gasteiger charge is 2.21. The smallest absolute Gasteiger partial charge is 0.410 e. The standard InChI is InChI=1S/C29H48N6O8/c1-23(30)33-34-27(31)25-8-6-24(7-9-25)22-32-26(37)10-15-40-19-21-42-17-12-35(28(38)43-29(2,3)4)11-16-41-20-18-39-14-5-13-36/h6-9,13H,5,10-12,14-22H2,1-4H3,(H2,30,33)(H2,31,34)(H,32,37). The number of ether oxygens (including phenoxy) is 5. The van der Waals surface area contributed by atoms with E-state index in [1.54, 1.807) is 39.8 Å². The Balaban J connectivity index is 2.23. The highest BCUT2D eigenvalue weighted by Crippen LogP contribution is 2.10. The number of hydrogen-bond acceptors (Lipinski definition) is 10. The molecule has 0 aliphatic rings. The van der Waals surface area contributed by atoms with Crippen molar-refractivity contribution in [2.75, 3.05) is 65.9 Å². The summed E-state index contributed by atoms with van der Waals surface area (Å²) in [7, 11) is 0. The Kier molecular flexibility index (Phi) is 19.2. The number of rotatable bonds is 22. The SMILES string of the molecule is C/C(N)=N/N=C(\N)c1ccc(CNC(=O)CCOCCOCCN(CCOCCOCCC=O)C(=O)OC(C)(C)C)cc1. The summed E-state index contributed by atoms with van der Waals surface area (Å²) in [6.45, 7) is 10.6. The zero-order chi connectivity index (χ0) is 31.9. The Labute approximate surface area is 254 Å². The maximum Gasteiger partial charge on any atom is 0.410 e. The van der Waals surface area contributed by atoms with Gasteiger partial charge in [-0.1, -0.05) is 24.3 Å². The quantitative estimate of drug-likeness (QED) is 0.0573. The molecule has 43 heavy (non-hydrogen) atoms. The zero-order valence-corrected chi connectivity index (χ0v) is 25.8. The van der Waals surface area contributed by atoms with E-state index in [2.05, 4.69) is 15.5 Å². The van der Waals surface area contributed by atoms with E-state index >= 15 is 0 Å². The number of carbonyl (C=O) groups excluding carboxylic acids is 3. The van der Waals surface area contributed by atoms with Crippen LogP contribution in [0.1, 0.15) is 51.7 Å². The predicted octanol–water partition coefficient (Wildman–Crippen LogP) is 1.58. The van der Waals surface area contributed by atoms with Crippen LogP contribution in [0.5, 0.6) is 0 Å². The fraction of sp³-hybridized carbons (Fsp3) is 0.621. The van der Waals surface area contributed by atoms with Gasteiger partial charge >= 0.3 is 6.09 Å². The first-order valence-electron chi connectivity index (χ1n) is 14.2. The molecular formula is C29H48N6O8. The second-order valence-electron chi connectivity index (χ2n) is 10.3. The van der Waals surface area contributed by atoms with Crippen LogP contribution < -0.4 is 16.8 Å². The van der Waals surface area contributed by atoms with Gasteiger partial charge < -0.3 is 50.2 Å². The van der Waals surface area contributed by atoms with Crippen LogP contribution in [0.2, 0.25) is 0 Å². The first-order valence-corrected chi connectivity index (χ1v) is 14.2. The molecule has 0 unspecified atom stereocenters. The third-order valence-corrected chi connectivity index (χ3v) is 5.32. The third kappa shape index (κ3) is 20.0. The second-order valence-corrected chi connectivity index (χ2v) is 10.3. The second kappa shape index (κ2) is 22.0. The topological polar surface area (TPSA) is 189 Å². The van der Waals surface area contributed by atoms with E-state index in [0.717, 1.165) is 11.8 Å². The highest BCUT2D eigenvalue weighted by atomic mass is 16.6. The lowest BCUT2D eigenvalue weighted by molar-refractivity contribution is -0.122. The molecule has 5 N–H and O–H groups in total. The summed E-state index contributed by atoms with van der Waals surface area (Å²) in [5.41, 5.74) is 12.3. The summed E-state index contributed by atoms with van der Waals surface area (Å²) in [5.74, 6) is 0.422. The molecule has 0 bridgehead atoms. The Hall–Kier alpha value is -3.59. The minimum Gasteiger partial charge on any atom is -0.444 e. The van der Waals surface area contributed by atoms with E-state index in [1.165, 1.54) is 4.90 Å². The van der Waals surface area contributed by atoms with Crippen molar-refractivity contribution >= 4 is 30.0 Å². The molecule has 1 rings (SSSR count). The monoisotopic (exact) mass is 608 g/mol. The van der Waals surface area contributed by atoms with Gasteiger partial charge in [0, 0.05) is 38.0 Å². The Morgan fingerprint density at radius 3 is 1.95 bits per heavy atom. The molecule has 14 heteroatoms. The average molecular weight is 609 g/mol. The highest BCUT2D eigenvalue weighted by molar-refractivity contribution is 5.97. The van der Waals surface area contributed by atoms with Gasteiger partial charge in [-0.25, -0.2) is 4.79 Å². The molecule has 1 aromatic carbocycles. The Bertz CT molecular complexity index is 1010. The van der Waals surface area contributed by atoms with Crippen molar-refractivity contribution in [3.63, 3.8) is 0 Å². The van der Waals surface area contributed by atoms with Crippen molar-refractivity contribution in [3.05, 3.63) is 35.4 Å². The summed E-state index contributed by atoms with van der Waals surface area (Å²) >= 11 is 0. The van der Waals surface area contributed by atoms with E-state index < -0.39 is 11.7 Å². The molecule has 0 aliphatic heterocycles. The lowest BCUT2D eigenvalue weighted by Crippen LogP contribution is -2.40. The molecule has 0 saturated heterocycles. The van der Waals surface area contributed by atoms with Crippen LogP contribution in [0.3, 0.4) is 0 Å². The molecule has 1 aromatic rings. The number of amidine groups is 2. The van der Waals surface area contributed by atoms with E-state index in [-0.39, 0.29) is 31.4 Å². The predicted molar refractivity (Wildman–Crippen MR) is 163 cm³/mol. The number of nitrogens with two attached hydrogens (primary N) is 2. The van der Waals surface area contributed by atoms with Gasteiger partial charge in [-0.3, -0.25) is 4.79 Å². The molecule has 0 atom stereocenters. The fourth-order valence-electron chi connectivity index (χ4n) is 3.18. The molecule has 0 spiro atoms. The van der Waals surface area contributed by atoms with Crippen LogP contribution in [0, 0.1) is 0 Å². The van der Waals surface area contributed by atoms with Gasteiger partial charge in [-0.15, -0.1) is 10.2 Å². The van der Waals surface area contributed by atoms with Crippen molar-refractivity contribution in [1.29, 1.82) is 0 Å². The average Bonchev–Trinajstić information content (AvgIpc) is 2.95. The van der Waals surface area contributed by atoms with Gasteiger partial charge in [-0.2, -0.15) is 0 Å². The van der Waals surface area contributed by atoms with Gasteiger partial charge in [0.25, 0.3) is 0 Å². The van der Waals surface area contributed by atoms with Crippen molar-refractivity contribution < 1.29 is 38.1 Å². The number of benzene rings is 1. The molecule has 0 aromatic heterocycles. The van der Waals surface area contributed by atoms with E-state index in [9.17, 15) is 14.4 Å². The molecule has 0 heterocycles. The molecule has 242 valence electrons. The van der Waals surface area contributed by atoms with Crippen LogP contribution in [0.25, 0.3) is 0 Å². The zero-order valence-electron chi connectivity index (χ0n) is 25.8. The van der Waals surface area contributed by atoms with Gasteiger partial charge in [0.05, 0.1) is 52.9 Å². The molecule has 0 fully saturated rings. The molecule has 0 saturated carbocycles. The van der Waals surface area contributed by atoms with Crippen LogP contribution in [-0.4, -0.2) is 106 Å². The molecular weight excluding hydrogens is 560 g/mol. The maximum atomic E-state index is 12.6. The van der Waals surface area contributed by atoms with E-state index in [1.807, 2.05) is 12.1 Å². The summed E-state index contributed by atoms with van der Waals surface area (Å²) in [4.78, 5) is 36.5. The van der Waals surface area contributed by atoms with Crippen molar-refractivity contribution in [2.24, 2.45) is 21.7 Å². The molecule has 0 aliphatic carbocycles. The van der Waals surface area contributed by atoms with Crippen LogP contribution in [0.15, 0.2) is 34.5 Å². The summed E-state index contributed by atoms with van der Waals surface area (Å²) in [5, 5.41) is 10.4. The van der Waals surface area contributed by atoms with Crippen molar-refractivity contribution in [2.45, 2.75) is 52.7 Å². The number of carbonyl (C=O) groups is 3. The summed E-state index contributed by atoms with van der Waals surface area (Å²) < 4.78 is 27.3. The third-order valence-electron chi connectivity index (χ3n) is 5.32. The van der Waals surface area contributed by atoms with Gasteiger partial charge in [0.2, 0.25) is 5.91 Å². The minimum atomic E-state index is -0.627. The van der Waals surface area contributed by atoms with Crippen LogP contribution >= 0.6 is 0 Å². The number of nitrogens with one attached hydrogen (secondary N) is 1. The van der Waals surface area contributed by atoms with Gasteiger partial charge in [-0.05, 0) is 33.3 Å². The first kappa shape index (κ1) is 37.4. The van der Waals surface area contributed by atoms with Crippen molar-refractivity contribution in [3.8, 4) is 0 Å². The lowest BCUT2D eigenvalue weighted by atomic mass is 10.1. The van der Waals surface area contributed by atoms with E-state index in [0.29, 0.717) is 77.1 Å². The largest absolute Gasteiger partial charge is 0.444 e. The number of nitrogens with zero attached hydrogens (tertiary/aromatic N) is 3. The normalized spacial score (nSPS) is 12.2. The Morgan fingerprint density at radius 1 is 0.860 bits per heavy atom. The maximum absolute atomic E-state index is 12.6. The van der Waals surface area contributed by atoms with Crippen LogP contribution in [0.4, 0.5) is 4.79 Å². The fourth-order valence-corrected chi connectivity index (χ4v) is 3.18.